The van der Waals surface area contributed by atoms with Crippen LogP contribution in [-0.2, 0) is 11.2 Å². The number of aryl methyl sites for hydroxylation is 1. The second kappa shape index (κ2) is 8.57. The van der Waals surface area contributed by atoms with Crippen molar-refractivity contribution in [1.29, 1.82) is 0 Å². The van der Waals surface area contributed by atoms with E-state index in [1.165, 1.54) is 6.07 Å². The minimum atomic E-state index is -0.463. The van der Waals surface area contributed by atoms with Crippen LogP contribution in [0, 0.1) is 12.7 Å². The minimum absolute atomic E-state index is 0.00550. The molecule has 0 aliphatic heterocycles. The van der Waals surface area contributed by atoms with Crippen LogP contribution in [0.2, 0.25) is 0 Å². The van der Waals surface area contributed by atoms with E-state index in [1.54, 1.807) is 30.0 Å². The summed E-state index contributed by atoms with van der Waals surface area (Å²) in [7, 11) is 1.60. The number of hydrogen-bond acceptors (Lipinski definition) is 4. The van der Waals surface area contributed by atoms with E-state index in [0.717, 1.165) is 35.5 Å². The van der Waals surface area contributed by atoms with Crippen molar-refractivity contribution in [2.45, 2.75) is 38.6 Å². The number of nitrogens with one attached hydrogen (secondary N) is 1. The van der Waals surface area contributed by atoms with Crippen LogP contribution in [0.4, 0.5) is 4.39 Å². The maximum atomic E-state index is 14.3. The summed E-state index contributed by atoms with van der Waals surface area (Å²) in [5, 5.41) is 7.60. The average Bonchev–Trinajstić information content (AvgIpc) is 3.51. The molecule has 7 heteroatoms. The number of benzene rings is 2. The van der Waals surface area contributed by atoms with Gasteiger partial charge in [-0.25, -0.2) is 9.07 Å². The van der Waals surface area contributed by atoms with Crippen LogP contribution < -0.4 is 14.8 Å². The van der Waals surface area contributed by atoms with Crippen LogP contribution in [0.25, 0.3) is 5.69 Å². The van der Waals surface area contributed by atoms with Gasteiger partial charge in [0.05, 0.1) is 18.5 Å². The SMILES string of the molecule is COc1ccc(-n2nc(C)c(CCC(=O)NC3CC3)c2Oc2ccccc2F)cc1. The van der Waals surface area contributed by atoms with E-state index in [4.69, 9.17) is 9.47 Å². The third-order valence-corrected chi connectivity index (χ3v) is 5.04. The molecule has 1 fully saturated rings. The molecule has 4 rings (SSSR count). The standard InChI is InChI=1S/C23H24FN3O3/c1-15-19(13-14-22(28)25-16-7-8-16)23(30-21-6-4-3-5-20(21)24)27(26-15)17-9-11-18(29-2)12-10-17/h3-6,9-12,16H,7-8,13-14H2,1-2H3,(H,25,28). The second-order valence-corrected chi connectivity index (χ2v) is 7.35. The lowest BCUT2D eigenvalue weighted by molar-refractivity contribution is -0.121. The van der Waals surface area contributed by atoms with Gasteiger partial charge in [-0.3, -0.25) is 4.79 Å². The van der Waals surface area contributed by atoms with Gasteiger partial charge in [-0.05, 0) is 62.6 Å². The molecular weight excluding hydrogens is 385 g/mol. The normalized spacial score (nSPS) is 13.2. The zero-order valence-corrected chi connectivity index (χ0v) is 17.0. The number of methoxy groups -OCH3 is 1. The monoisotopic (exact) mass is 409 g/mol. The van der Waals surface area contributed by atoms with Gasteiger partial charge < -0.3 is 14.8 Å². The Kier molecular flexibility index (Phi) is 5.70. The Morgan fingerprint density at radius 1 is 1.20 bits per heavy atom. The fourth-order valence-electron chi connectivity index (χ4n) is 3.23. The molecule has 2 aromatic carbocycles. The largest absolute Gasteiger partial charge is 0.497 e. The van der Waals surface area contributed by atoms with E-state index in [-0.39, 0.29) is 11.7 Å². The van der Waals surface area contributed by atoms with E-state index in [0.29, 0.717) is 24.8 Å². The maximum Gasteiger partial charge on any atom is 0.226 e. The van der Waals surface area contributed by atoms with Gasteiger partial charge in [-0.2, -0.15) is 5.10 Å². The molecule has 0 saturated heterocycles. The summed E-state index contributed by atoms with van der Waals surface area (Å²) in [6.45, 7) is 1.86. The Bertz CT molecular complexity index is 1040. The first-order valence-corrected chi connectivity index (χ1v) is 10.00. The zero-order chi connectivity index (χ0) is 21.1. The van der Waals surface area contributed by atoms with Gasteiger partial charge in [0.25, 0.3) is 0 Å². The molecule has 0 atom stereocenters. The molecule has 1 N–H and O–H groups in total. The Hall–Kier alpha value is -3.35. The summed E-state index contributed by atoms with van der Waals surface area (Å²) < 4.78 is 27.1. The third kappa shape index (κ3) is 4.45. The van der Waals surface area contributed by atoms with Gasteiger partial charge >= 0.3 is 0 Å². The molecule has 156 valence electrons. The number of halogens is 1. The van der Waals surface area contributed by atoms with Crippen LogP contribution in [0.5, 0.6) is 17.4 Å². The second-order valence-electron chi connectivity index (χ2n) is 7.35. The molecule has 1 amide bonds. The lowest BCUT2D eigenvalue weighted by atomic mass is 10.1. The van der Waals surface area contributed by atoms with Crippen molar-refractivity contribution >= 4 is 5.91 Å². The van der Waals surface area contributed by atoms with E-state index >= 15 is 0 Å². The van der Waals surface area contributed by atoms with E-state index in [9.17, 15) is 9.18 Å². The van der Waals surface area contributed by atoms with Crippen LogP contribution in [0.1, 0.15) is 30.5 Å². The predicted molar refractivity (Wildman–Crippen MR) is 111 cm³/mol. The van der Waals surface area contributed by atoms with Gasteiger partial charge in [0.15, 0.2) is 11.6 Å². The maximum absolute atomic E-state index is 14.3. The van der Waals surface area contributed by atoms with Crippen LogP contribution in [0.15, 0.2) is 48.5 Å². The molecule has 1 aliphatic carbocycles. The van der Waals surface area contributed by atoms with Crippen LogP contribution in [-0.4, -0.2) is 28.8 Å². The molecule has 1 aromatic heterocycles. The molecule has 1 heterocycles. The van der Waals surface area contributed by atoms with Gasteiger partial charge in [0.2, 0.25) is 11.8 Å². The lowest BCUT2D eigenvalue weighted by Crippen LogP contribution is -2.25. The van der Waals surface area contributed by atoms with E-state index in [2.05, 4.69) is 10.4 Å². The molecule has 0 radical (unpaired) electrons. The third-order valence-electron chi connectivity index (χ3n) is 5.04. The summed E-state index contributed by atoms with van der Waals surface area (Å²) >= 11 is 0. The van der Waals surface area contributed by atoms with Crippen molar-refractivity contribution in [3.05, 3.63) is 65.6 Å². The lowest BCUT2D eigenvalue weighted by Gasteiger charge is -2.12. The van der Waals surface area contributed by atoms with Gasteiger partial charge in [-0.1, -0.05) is 12.1 Å². The zero-order valence-electron chi connectivity index (χ0n) is 17.0. The summed E-state index contributed by atoms with van der Waals surface area (Å²) in [6.07, 6.45) is 2.85. The number of para-hydroxylation sites is 1. The molecule has 0 bridgehead atoms. The molecule has 3 aromatic rings. The van der Waals surface area contributed by atoms with Gasteiger partial charge in [-0.15, -0.1) is 0 Å². The van der Waals surface area contributed by atoms with Crippen LogP contribution >= 0.6 is 0 Å². The highest BCUT2D eigenvalue weighted by Gasteiger charge is 2.25. The molecule has 30 heavy (non-hydrogen) atoms. The summed E-state index contributed by atoms with van der Waals surface area (Å²) in [6, 6.07) is 13.9. The molecule has 1 saturated carbocycles. The fourth-order valence-corrected chi connectivity index (χ4v) is 3.23. The Morgan fingerprint density at radius 2 is 1.93 bits per heavy atom. The topological polar surface area (TPSA) is 65.4 Å². The molecule has 6 nitrogen and oxygen atoms in total. The number of carbonyl (C=O) groups excluding carboxylic acids is 1. The highest BCUT2D eigenvalue weighted by Crippen LogP contribution is 2.33. The van der Waals surface area contributed by atoms with E-state index in [1.807, 2.05) is 31.2 Å². The smallest absolute Gasteiger partial charge is 0.226 e. The average molecular weight is 409 g/mol. The number of nitrogens with zero attached hydrogens (tertiary/aromatic N) is 2. The molecule has 0 spiro atoms. The van der Waals surface area contributed by atoms with Crippen molar-refractivity contribution in [3.63, 3.8) is 0 Å². The van der Waals surface area contributed by atoms with Gasteiger partial charge in [0, 0.05) is 18.0 Å². The first-order chi connectivity index (χ1) is 14.5. The first-order valence-electron chi connectivity index (χ1n) is 10.00. The minimum Gasteiger partial charge on any atom is -0.497 e. The molecule has 0 unspecified atom stereocenters. The van der Waals surface area contributed by atoms with Crippen molar-refractivity contribution in [2.75, 3.05) is 7.11 Å². The van der Waals surface area contributed by atoms with Gasteiger partial charge in [0.1, 0.15) is 5.75 Å². The van der Waals surface area contributed by atoms with Crippen molar-refractivity contribution in [2.24, 2.45) is 0 Å². The number of carbonyl (C=O) groups is 1. The number of aromatic nitrogens is 2. The Balaban J connectivity index is 1.67. The predicted octanol–water partition coefficient (Wildman–Crippen LogP) is 4.33. The van der Waals surface area contributed by atoms with Crippen LogP contribution in [0.3, 0.4) is 0 Å². The first kappa shape index (κ1) is 19.9. The Morgan fingerprint density at radius 3 is 2.60 bits per heavy atom. The molecule has 1 aliphatic rings. The van der Waals surface area contributed by atoms with Crippen molar-refractivity contribution in [3.8, 4) is 23.1 Å². The summed E-state index contributed by atoms with van der Waals surface area (Å²) in [5.41, 5.74) is 2.26. The number of hydrogen-bond donors (Lipinski definition) is 1. The highest BCUT2D eigenvalue weighted by molar-refractivity contribution is 5.77. The number of amides is 1. The fraction of sp³-hybridized carbons (Fsp3) is 0.304. The number of rotatable bonds is 8. The molecular formula is C23H24FN3O3. The quantitative estimate of drug-likeness (QED) is 0.601. The van der Waals surface area contributed by atoms with Crippen molar-refractivity contribution in [1.82, 2.24) is 15.1 Å². The Labute approximate surface area is 174 Å². The highest BCUT2D eigenvalue weighted by atomic mass is 19.1. The van der Waals surface area contributed by atoms with E-state index < -0.39 is 5.82 Å². The van der Waals surface area contributed by atoms with Crippen molar-refractivity contribution < 1.29 is 18.7 Å². The summed E-state index contributed by atoms with van der Waals surface area (Å²) in [4.78, 5) is 12.2. The summed E-state index contributed by atoms with van der Waals surface area (Å²) in [5.74, 6) is 0.773. The number of ether oxygens (including phenoxy) is 2.